The number of piperazine rings is 1. The number of amides is 1. The van der Waals surface area contributed by atoms with Gasteiger partial charge in [-0.05, 0) is 38.2 Å². The van der Waals surface area contributed by atoms with Crippen molar-refractivity contribution in [2.75, 3.05) is 50.1 Å². The van der Waals surface area contributed by atoms with E-state index < -0.39 is 11.9 Å². The van der Waals surface area contributed by atoms with Gasteiger partial charge in [-0.3, -0.25) is 4.79 Å². The molecule has 8 nitrogen and oxygen atoms in total. The lowest BCUT2D eigenvalue weighted by Gasteiger charge is -2.32. The fraction of sp³-hybridized carbons (Fsp3) is 0.368. The number of para-hydroxylation sites is 1. The Morgan fingerprint density at radius 3 is 2.48 bits per heavy atom. The molecule has 27 heavy (non-hydrogen) atoms. The normalized spacial score (nSPS) is 14.7. The summed E-state index contributed by atoms with van der Waals surface area (Å²) in [5.74, 6) is -0.152. The van der Waals surface area contributed by atoms with E-state index >= 15 is 0 Å². The number of nitrogens with one attached hydrogen (secondary N) is 1. The zero-order chi connectivity index (χ0) is 19.2. The van der Waals surface area contributed by atoms with Gasteiger partial charge in [-0.2, -0.15) is 0 Å². The minimum Gasteiger partial charge on any atom is -0.462 e. The SMILES string of the molecule is CCOC(=O)c1ccccc1NC(=O)c1ccc(N2CCN(C)CC2)nn1. The molecule has 3 rings (SSSR count). The number of nitrogens with zero attached hydrogens (tertiary/aromatic N) is 4. The van der Waals surface area contributed by atoms with Crippen molar-refractivity contribution in [2.45, 2.75) is 6.92 Å². The summed E-state index contributed by atoms with van der Waals surface area (Å²) in [6.07, 6.45) is 0. The number of carbonyl (C=O) groups is 2. The van der Waals surface area contributed by atoms with Crippen LogP contribution in [0.15, 0.2) is 36.4 Å². The monoisotopic (exact) mass is 369 g/mol. The predicted molar refractivity (Wildman–Crippen MR) is 102 cm³/mol. The van der Waals surface area contributed by atoms with Crippen LogP contribution in [0, 0.1) is 0 Å². The van der Waals surface area contributed by atoms with Crippen LogP contribution in [-0.4, -0.2) is 66.8 Å². The Morgan fingerprint density at radius 2 is 1.81 bits per heavy atom. The molecule has 0 saturated carbocycles. The standard InChI is InChI=1S/C19H23N5O3/c1-3-27-19(26)14-6-4-5-7-15(14)20-18(25)16-8-9-17(22-21-16)24-12-10-23(2)11-13-24/h4-9H,3,10-13H2,1-2H3,(H,20,25). The van der Waals surface area contributed by atoms with E-state index in [0.717, 1.165) is 32.0 Å². The van der Waals surface area contributed by atoms with Gasteiger partial charge in [0, 0.05) is 26.2 Å². The van der Waals surface area contributed by atoms with Crippen molar-refractivity contribution < 1.29 is 14.3 Å². The first-order chi connectivity index (χ1) is 13.1. The first-order valence-electron chi connectivity index (χ1n) is 8.93. The average Bonchev–Trinajstić information content (AvgIpc) is 2.69. The van der Waals surface area contributed by atoms with E-state index in [0.29, 0.717) is 11.3 Å². The molecule has 1 saturated heterocycles. The summed E-state index contributed by atoms with van der Waals surface area (Å²) in [7, 11) is 2.09. The fourth-order valence-electron chi connectivity index (χ4n) is 2.82. The average molecular weight is 369 g/mol. The summed E-state index contributed by atoms with van der Waals surface area (Å²) in [4.78, 5) is 28.9. The van der Waals surface area contributed by atoms with Gasteiger partial charge in [-0.25, -0.2) is 4.79 Å². The molecule has 1 fully saturated rings. The first-order valence-corrected chi connectivity index (χ1v) is 8.93. The third-order valence-corrected chi connectivity index (χ3v) is 4.38. The number of hydrogen-bond acceptors (Lipinski definition) is 7. The Kier molecular flexibility index (Phi) is 5.97. The van der Waals surface area contributed by atoms with Gasteiger partial charge in [0.05, 0.1) is 17.9 Å². The van der Waals surface area contributed by atoms with E-state index in [-0.39, 0.29) is 12.3 Å². The maximum atomic E-state index is 12.5. The number of benzene rings is 1. The highest BCUT2D eigenvalue weighted by molar-refractivity contribution is 6.07. The molecule has 0 atom stereocenters. The lowest BCUT2D eigenvalue weighted by Crippen LogP contribution is -2.44. The molecule has 0 radical (unpaired) electrons. The lowest BCUT2D eigenvalue weighted by molar-refractivity contribution is 0.0527. The number of esters is 1. The third-order valence-electron chi connectivity index (χ3n) is 4.38. The van der Waals surface area contributed by atoms with E-state index in [4.69, 9.17) is 4.74 Å². The Labute approximate surface area is 158 Å². The van der Waals surface area contributed by atoms with Gasteiger partial charge >= 0.3 is 5.97 Å². The second-order valence-corrected chi connectivity index (χ2v) is 6.29. The molecule has 2 aromatic rings. The van der Waals surface area contributed by atoms with Crippen LogP contribution < -0.4 is 10.2 Å². The van der Waals surface area contributed by atoms with Crippen molar-refractivity contribution >= 4 is 23.4 Å². The summed E-state index contributed by atoms with van der Waals surface area (Å²) in [5, 5.41) is 10.9. The van der Waals surface area contributed by atoms with Crippen LogP contribution in [0.4, 0.5) is 11.5 Å². The van der Waals surface area contributed by atoms with Crippen LogP contribution >= 0.6 is 0 Å². The first kappa shape index (κ1) is 18.8. The predicted octanol–water partition coefficient (Wildman–Crippen LogP) is 1.66. The molecular formula is C19H23N5O3. The highest BCUT2D eigenvalue weighted by Gasteiger charge is 2.18. The molecule has 0 unspecified atom stereocenters. The molecule has 142 valence electrons. The van der Waals surface area contributed by atoms with Crippen LogP contribution in [0.3, 0.4) is 0 Å². The van der Waals surface area contributed by atoms with Crippen LogP contribution in [-0.2, 0) is 4.74 Å². The number of carbonyl (C=O) groups excluding carboxylic acids is 2. The zero-order valence-corrected chi connectivity index (χ0v) is 15.5. The molecule has 1 aliphatic rings. The van der Waals surface area contributed by atoms with Gasteiger partial charge in [0.15, 0.2) is 11.5 Å². The van der Waals surface area contributed by atoms with Crippen molar-refractivity contribution in [1.82, 2.24) is 15.1 Å². The Hall–Kier alpha value is -3.00. The Morgan fingerprint density at radius 1 is 1.07 bits per heavy atom. The van der Waals surface area contributed by atoms with Gasteiger partial charge in [-0.1, -0.05) is 12.1 Å². The van der Waals surface area contributed by atoms with Crippen molar-refractivity contribution in [3.63, 3.8) is 0 Å². The van der Waals surface area contributed by atoms with Crippen LogP contribution in [0.25, 0.3) is 0 Å². The smallest absolute Gasteiger partial charge is 0.340 e. The minimum atomic E-state index is -0.482. The van der Waals surface area contributed by atoms with Crippen molar-refractivity contribution in [1.29, 1.82) is 0 Å². The Balaban J connectivity index is 1.69. The van der Waals surface area contributed by atoms with Crippen molar-refractivity contribution in [3.05, 3.63) is 47.7 Å². The number of likely N-dealkylation sites (N-methyl/N-ethyl adjacent to an activating group) is 1. The molecule has 1 N–H and O–H groups in total. The highest BCUT2D eigenvalue weighted by Crippen LogP contribution is 2.18. The van der Waals surface area contributed by atoms with E-state index in [1.165, 1.54) is 0 Å². The van der Waals surface area contributed by atoms with Gasteiger partial charge in [0.1, 0.15) is 0 Å². The molecule has 1 aromatic heterocycles. The largest absolute Gasteiger partial charge is 0.462 e. The summed E-state index contributed by atoms with van der Waals surface area (Å²) < 4.78 is 5.02. The molecule has 2 heterocycles. The number of hydrogen-bond donors (Lipinski definition) is 1. The maximum absolute atomic E-state index is 12.5. The number of aromatic nitrogens is 2. The Bertz CT molecular complexity index is 801. The van der Waals surface area contributed by atoms with Crippen LogP contribution in [0.5, 0.6) is 0 Å². The number of rotatable bonds is 5. The van der Waals surface area contributed by atoms with E-state index in [2.05, 4.69) is 32.4 Å². The summed E-state index contributed by atoms with van der Waals surface area (Å²) in [6.45, 7) is 5.69. The second-order valence-electron chi connectivity index (χ2n) is 6.29. The van der Waals surface area contributed by atoms with Gasteiger partial charge in [-0.15, -0.1) is 10.2 Å². The molecule has 1 aliphatic heterocycles. The lowest BCUT2D eigenvalue weighted by atomic mass is 10.1. The molecular weight excluding hydrogens is 346 g/mol. The molecule has 0 aliphatic carbocycles. The quantitative estimate of drug-likeness (QED) is 0.802. The van der Waals surface area contributed by atoms with Crippen molar-refractivity contribution in [3.8, 4) is 0 Å². The highest BCUT2D eigenvalue weighted by atomic mass is 16.5. The van der Waals surface area contributed by atoms with Crippen LogP contribution in [0.2, 0.25) is 0 Å². The van der Waals surface area contributed by atoms with Gasteiger partial charge in [0.25, 0.3) is 5.91 Å². The topological polar surface area (TPSA) is 87.7 Å². The molecule has 0 bridgehead atoms. The minimum absolute atomic E-state index is 0.187. The molecule has 1 aromatic carbocycles. The van der Waals surface area contributed by atoms with E-state index in [9.17, 15) is 9.59 Å². The molecule has 0 spiro atoms. The second kappa shape index (κ2) is 8.59. The summed E-state index contributed by atoms with van der Waals surface area (Å²) in [5.41, 5.74) is 0.868. The summed E-state index contributed by atoms with van der Waals surface area (Å²) in [6, 6.07) is 10.1. The molecule has 8 heteroatoms. The summed E-state index contributed by atoms with van der Waals surface area (Å²) >= 11 is 0. The number of ether oxygens (including phenoxy) is 1. The van der Waals surface area contributed by atoms with E-state index in [1.807, 2.05) is 0 Å². The molecule has 1 amide bonds. The van der Waals surface area contributed by atoms with E-state index in [1.54, 1.807) is 43.3 Å². The zero-order valence-electron chi connectivity index (χ0n) is 15.5. The van der Waals surface area contributed by atoms with Gasteiger partial charge in [0.2, 0.25) is 0 Å². The van der Waals surface area contributed by atoms with Crippen molar-refractivity contribution in [2.24, 2.45) is 0 Å². The van der Waals surface area contributed by atoms with Crippen LogP contribution in [0.1, 0.15) is 27.8 Å². The maximum Gasteiger partial charge on any atom is 0.340 e. The van der Waals surface area contributed by atoms with Gasteiger partial charge < -0.3 is 19.9 Å². The third kappa shape index (κ3) is 4.59. The fourth-order valence-corrected chi connectivity index (χ4v) is 2.82. The number of anilines is 2.